The first-order valence-electron chi connectivity index (χ1n) is 9.04. The number of amides is 1. The number of carbonyl (C=O) groups is 1. The van der Waals surface area contributed by atoms with Gasteiger partial charge in [0.15, 0.2) is 5.82 Å². The molecule has 1 aliphatic rings. The number of likely N-dealkylation sites (tertiary alicyclic amines) is 1. The third-order valence-electron chi connectivity index (χ3n) is 4.58. The Balaban J connectivity index is 1.63. The normalized spacial score (nSPS) is 15.5. The lowest BCUT2D eigenvalue weighted by Crippen LogP contribution is -2.38. The van der Waals surface area contributed by atoms with E-state index in [0.717, 1.165) is 37.5 Å². The Hall–Kier alpha value is -2.38. The molecular weight excluding hydrogens is 320 g/mol. The zero-order valence-corrected chi connectivity index (χ0v) is 15.0. The number of hydrogen-bond donors (Lipinski definition) is 0. The molecule has 0 spiro atoms. The number of aromatic nitrogens is 5. The van der Waals surface area contributed by atoms with Gasteiger partial charge >= 0.3 is 6.09 Å². The van der Waals surface area contributed by atoms with Gasteiger partial charge in [0.05, 0.1) is 6.61 Å². The highest BCUT2D eigenvalue weighted by Crippen LogP contribution is 2.27. The van der Waals surface area contributed by atoms with Crippen LogP contribution < -0.4 is 0 Å². The van der Waals surface area contributed by atoms with Gasteiger partial charge in [0.2, 0.25) is 0 Å². The topological polar surface area (TPSA) is 78.1 Å². The molecule has 1 fully saturated rings. The highest BCUT2D eigenvalue weighted by molar-refractivity contribution is 5.67. The van der Waals surface area contributed by atoms with Crippen molar-refractivity contribution in [2.24, 2.45) is 0 Å². The van der Waals surface area contributed by atoms with Gasteiger partial charge in [0.1, 0.15) is 12.4 Å². The summed E-state index contributed by atoms with van der Waals surface area (Å²) in [6.45, 7) is 7.46. The molecule has 0 N–H and O–H groups in total. The fourth-order valence-corrected chi connectivity index (χ4v) is 3.25. The van der Waals surface area contributed by atoms with E-state index in [-0.39, 0.29) is 6.09 Å². The lowest BCUT2D eigenvalue weighted by atomic mass is 9.96. The SMILES string of the molecule is CCCOC(=O)N1CCC(c2nnc(Cn3cccn3)n2CC)CC1. The van der Waals surface area contributed by atoms with Crippen molar-refractivity contribution in [3.63, 3.8) is 0 Å². The molecule has 0 saturated carbocycles. The second kappa shape index (κ2) is 8.13. The molecule has 3 heterocycles. The summed E-state index contributed by atoms with van der Waals surface area (Å²) in [6, 6.07) is 1.90. The van der Waals surface area contributed by atoms with Gasteiger partial charge in [-0.1, -0.05) is 6.92 Å². The quantitative estimate of drug-likeness (QED) is 0.802. The van der Waals surface area contributed by atoms with Gasteiger partial charge in [-0.05, 0) is 32.3 Å². The third kappa shape index (κ3) is 4.00. The minimum absolute atomic E-state index is 0.198. The van der Waals surface area contributed by atoms with Crippen LogP contribution in [0.2, 0.25) is 0 Å². The Morgan fingerprint density at radius 2 is 2.08 bits per heavy atom. The first-order valence-corrected chi connectivity index (χ1v) is 9.04. The zero-order chi connectivity index (χ0) is 17.6. The fraction of sp³-hybridized carbons (Fsp3) is 0.647. The molecule has 2 aromatic heterocycles. The first-order chi connectivity index (χ1) is 12.2. The van der Waals surface area contributed by atoms with Gasteiger partial charge in [-0.2, -0.15) is 5.10 Å². The maximum atomic E-state index is 12.0. The van der Waals surface area contributed by atoms with E-state index >= 15 is 0 Å². The zero-order valence-electron chi connectivity index (χ0n) is 15.0. The summed E-state index contributed by atoms with van der Waals surface area (Å²) < 4.78 is 9.25. The molecule has 0 unspecified atom stereocenters. The van der Waals surface area contributed by atoms with Gasteiger partial charge in [0.25, 0.3) is 0 Å². The van der Waals surface area contributed by atoms with E-state index in [1.54, 1.807) is 11.1 Å². The fourth-order valence-electron chi connectivity index (χ4n) is 3.25. The summed E-state index contributed by atoms with van der Waals surface area (Å²) in [5, 5.41) is 13.1. The number of hydrogen-bond acceptors (Lipinski definition) is 5. The molecular formula is C17H26N6O2. The molecule has 25 heavy (non-hydrogen) atoms. The second-order valence-corrected chi connectivity index (χ2v) is 6.30. The summed E-state index contributed by atoms with van der Waals surface area (Å²) in [4.78, 5) is 13.8. The second-order valence-electron chi connectivity index (χ2n) is 6.30. The Labute approximate surface area is 147 Å². The van der Waals surface area contributed by atoms with Crippen molar-refractivity contribution in [2.75, 3.05) is 19.7 Å². The number of rotatable bonds is 6. The molecule has 8 nitrogen and oxygen atoms in total. The van der Waals surface area contributed by atoms with Crippen molar-refractivity contribution >= 4 is 6.09 Å². The number of ether oxygens (including phenoxy) is 1. The van der Waals surface area contributed by atoms with Crippen LogP contribution in [0.3, 0.4) is 0 Å². The molecule has 0 aliphatic carbocycles. The van der Waals surface area contributed by atoms with Crippen molar-refractivity contribution in [3.8, 4) is 0 Å². The molecule has 1 aliphatic heterocycles. The highest BCUT2D eigenvalue weighted by Gasteiger charge is 2.28. The lowest BCUT2D eigenvalue weighted by molar-refractivity contribution is 0.0921. The molecule has 1 amide bonds. The van der Waals surface area contributed by atoms with E-state index in [1.807, 2.05) is 23.9 Å². The van der Waals surface area contributed by atoms with E-state index in [2.05, 4.69) is 26.8 Å². The molecule has 0 bridgehead atoms. The smallest absolute Gasteiger partial charge is 0.409 e. The summed E-state index contributed by atoms with van der Waals surface area (Å²) in [7, 11) is 0. The molecule has 0 atom stereocenters. The number of piperidine rings is 1. The van der Waals surface area contributed by atoms with Crippen molar-refractivity contribution in [1.82, 2.24) is 29.4 Å². The van der Waals surface area contributed by atoms with Gasteiger partial charge < -0.3 is 14.2 Å². The van der Waals surface area contributed by atoms with E-state index in [4.69, 9.17) is 4.74 Å². The predicted octanol–water partition coefficient (Wildman–Crippen LogP) is 2.27. The van der Waals surface area contributed by atoms with E-state index < -0.39 is 0 Å². The van der Waals surface area contributed by atoms with Crippen LogP contribution in [0.25, 0.3) is 0 Å². The van der Waals surface area contributed by atoms with Crippen molar-refractivity contribution < 1.29 is 9.53 Å². The minimum Gasteiger partial charge on any atom is -0.449 e. The monoisotopic (exact) mass is 346 g/mol. The summed E-state index contributed by atoms with van der Waals surface area (Å²) >= 11 is 0. The van der Waals surface area contributed by atoms with E-state index in [0.29, 0.717) is 32.2 Å². The van der Waals surface area contributed by atoms with Crippen LogP contribution in [0.15, 0.2) is 18.5 Å². The van der Waals surface area contributed by atoms with E-state index in [1.165, 1.54) is 0 Å². The third-order valence-corrected chi connectivity index (χ3v) is 4.58. The lowest BCUT2D eigenvalue weighted by Gasteiger charge is -2.31. The first kappa shape index (κ1) is 17.4. The van der Waals surface area contributed by atoms with Crippen LogP contribution in [0.1, 0.15) is 50.7 Å². The van der Waals surface area contributed by atoms with Crippen LogP contribution in [0.4, 0.5) is 4.79 Å². The highest BCUT2D eigenvalue weighted by atomic mass is 16.6. The molecule has 2 aromatic rings. The van der Waals surface area contributed by atoms with Gasteiger partial charge in [0, 0.05) is 37.9 Å². The Morgan fingerprint density at radius 1 is 1.28 bits per heavy atom. The Bertz CT molecular complexity index is 673. The molecule has 0 radical (unpaired) electrons. The molecule has 3 rings (SSSR count). The van der Waals surface area contributed by atoms with Crippen molar-refractivity contribution in [3.05, 3.63) is 30.1 Å². The van der Waals surface area contributed by atoms with Gasteiger partial charge in [-0.25, -0.2) is 4.79 Å². The van der Waals surface area contributed by atoms with Crippen molar-refractivity contribution in [2.45, 2.75) is 52.1 Å². The summed E-state index contributed by atoms with van der Waals surface area (Å²) in [5.41, 5.74) is 0. The molecule has 1 saturated heterocycles. The average Bonchev–Trinajstić information content (AvgIpc) is 3.29. The summed E-state index contributed by atoms with van der Waals surface area (Å²) in [5.74, 6) is 2.27. The van der Waals surface area contributed by atoms with Gasteiger partial charge in [-0.15, -0.1) is 10.2 Å². The van der Waals surface area contributed by atoms with Crippen LogP contribution in [0.5, 0.6) is 0 Å². The number of nitrogens with zero attached hydrogens (tertiary/aromatic N) is 6. The maximum absolute atomic E-state index is 12.0. The molecule has 0 aromatic carbocycles. The number of carbonyl (C=O) groups excluding carboxylic acids is 1. The molecule has 136 valence electrons. The Kier molecular flexibility index (Phi) is 5.67. The van der Waals surface area contributed by atoms with E-state index in [9.17, 15) is 4.79 Å². The Morgan fingerprint density at radius 3 is 2.72 bits per heavy atom. The predicted molar refractivity (Wildman–Crippen MR) is 92.2 cm³/mol. The summed E-state index contributed by atoms with van der Waals surface area (Å²) in [6.07, 6.45) is 6.12. The maximum Gasteiger partial charge on any atom is 0.409 e. The van der Waals surface area contributed by atoms with Crippen molar-refractivity contribution in [1.29, 1.82) is 0 Å². The molecule has 8 heteroatoms. The standard InChI is InChI=1S/C17H26N6O2/c1-3-12-25-17(24)21-10-6-14(7-11-21)16-20-19-15(23(16)4-2)13-22-9-5-8-18-22/h5,8-9,14H,3-4,6-7,10-13H2,1-2H3. The van der Waals surface area contributed by atoms with Gasteiger partial charge in [-0.3, -0.25) is 4.68 Å². The van der Waals surface area contributed by atoms with Crippen LogP contribution in [-0.4, -0.2) is 55.2 Å². The van der Waals surface area contributed by atoms with Crippen LogP contribution >= 0.6 is 0 Å². The average molecular weight is 346 g/mol. The van der Waals surface area contributed by atoms with Crippen LogP contribution in [0, 0.1) is 0 Å². The minimum atomic E-state index is -0.198. The largest absolute Gasteiger partial charge is 0.449 e. The van der Waals surface area contributed by atoms with Crippen LogP contribution in [-0.2, 0) is 17.8 Å².